The van der Waals surface area contributed by atoms with Crippen LogP contribution in [-0.2, 0) is 102 Å². The summed E-state index contributed by atoms with van der Waals surface area (Å²) < 4.78 is 68.9. The van der Waals surface area contributed by atoms with Crippen molar-refractivity contribution >= 4 is 82.8 Å². The van der Waals surface area contributed by atoms with Crippen LogP contribution in [0.4, 0.5) is 17.6 Å². The first-order valence-electron chi connectivity index (χ1n) is 39.0. The monoisotopic (exact) mass is 1620 g/mol. The molecule has 6 heterocycles. The number of aliphatic hydroxyl groups is 2. The van der Waals surface area contributed by atoms with E-state index in [0.717, 1.165) is 45.2 Å². The van der Waals surface area contributed by atoms with Gasteiger partial charge in [0.15, 0.2) is 0 Å². The number of halogens is 4. The van der Waals surface area contributed by atoms with Crippen LogP contribution in [0.1, 0.15) is 127 Å². The van der Waals surface area contributed by atoms with Crippen molar-refractivity contribution in [2.45, 2.75) is 230 Å². The van der Waals surface area contributed by atoms with E-state index in [4.69, 9.17) is 9.47 Å². The van der Waals surface area contributed by atoms with Crippen LogP contribution in [0, 0.1) is 49.0 Å². The van der Waals surface area contributed by atoms with E-state index in [-0.39, 0.29) is 87.7 Å². The molecule has 6 aliphatic rings. The predicted octanol–water partition coefficient (Wildman–Crippen LogP) is 1.83. The SMILES string of the molecule is Cc1ccc(CC(=O)N[C@@H](Cc2cc(F)cc(F)c2)C(=O)N[C@@H]2C(=O)N3CCC[C@H]3C(=O)N(C)[C@@H](C(C)O)C(=O)N[C@@H](C)C(=O)N3C[C@@H](C)C[C@H]3C(=O)O[C@H]2C)cc1.Cc1ccc(CC(=O)N[C@@H](Cc2cc(F)cc(F)c2)C(=O)N[C@@H]2C(=O)N3CCC[C@H]3C(=O)N(C)[C@@H](C(C)O)C(=O)N[C@@H](C)C(=O)N3C[C@H](C)C[C@H]3C(=O)O[C@H]2C)cc1. The third kappa shape index (κ3) is 22.0. The second-order valence-corrected chi connectivity index (χ2v) is 31.6. The fraction of sp³-hybridized carbons (Fsp3) is 0.537. The molecule has 6 aliphatic heterocycles. The van der Waals surface area contributed by atoms with Gasteiger partial charge in [-0.2, -0.15) is 0 Å². The number of cyclic esters (lactones) is 2. The molecule has 8 N–H and O–H groups in total. The van der Waals surface area contributed by atoms with E-state index < -0.39 is 216 Å². The Morgan fingerprint density at radius 3 is 1.11 bits per heavy atom. The van der Waals surface area contributed by atoms with Gasteiger partial charge in [-0.3, -0.25) is 57.5 Å². The number of nitrogens with zero attached hydrogens (tertiary/aromatic N) is 6. The first-order valence-corrected chi connectivity index (χ1v) is 39.0. The molecule has 10 rings (SSSR count). The Morgan fingerprint density at radius 1 is 0.466 bits per heavy atom. The van der Waals surface area contributed by atoms with Crippen LogP contribution >= 0.6 is 0 Å². The fourth-order valence-corrected chi connectivity index (χ4v) is 15.9. The van der Waals surface area contributed by atoms with Gasteiger partial charge in [0.25, 0.3) is 0 Å². The topological polar surface area (TPSA) is 390 Å². The summed E-state index contributed by atoms with van der Waals surface area (Å²) >= 11 is 0. The molecule has 0 radical (unpaired) electrons. The molecule has 628 valence electrons. The molecule has 0 aliphatic carbocycles. The molecule has 116 heavy (non-hydrogen) atoms. The fourth-order valence-electron chi connectivity index (χ4n) is 15.9. The number of carbonyl (C=O) groups is 14. The number of carbonyl (C=O) groups excluding carboxylic acids is 14. The Morgan fingerprint density at radius 2 is 0.793 bits per heavy atom. The van der Waals surface area contributed by atoms with Crippen LogP contribution in [0.3, 0.4) is 0 Å². The zero-order valence-electron chi connectivity index (χ0n) is 67.0. The third-order valence-electron chi connectivity index (χ3n) is 21.9. The van der Waals surface area contributed by atoms with Crippen molar-refractivity contribution in [3.63, 3.8) is 0 Å². The van der Waals surface area contributed by atoms with E-state index in [0.29, 0.717) is 36.1 Å². The standard InChI is InChI=1S/2C41H52F2N6O9/c2*1-21-9-11-26(12-10-21)18-33(51)45-30(17-27-15-28(42)19-29(43)16-27)36(52)46-34-25(5)58-41(57)32-14-22(2)20-49(32)38(54)23(3)44-37(53)35(24(4)50)47(6)39(55)31-8-7-13-48(31)40(34)56/h2*9-12,15-16,19,22-25,30-32,34-35,50H,7-8,13-14,17-18,20H2,1-6H3,(H,44,53)(H,45,51)(H,46,52)/t22-,23+,24?,25+,30+,31+,32+,34+,35+;22-,23-,24?,25-,30-,31-,32-,34-,35-/m10/s1. The van der Waals surface area contributed by atoms with E-state index in [1.54, 1.807) is 24.3 Å². The van der Waals surface area contributed by atoms with E-state index >= 15 is 0 Å². The Balaban J connectivity index is 0.000000265. The van der Waals surface area contributed by atoms with Crippen LogP contribution in [0.2, 0.25) is 0 Å². The highest BCUT2D eigenvalue weighted by molar-refractivity contribution is 6.00. The predicted molar refractivity (Wildman–Crippen MR) is 408 cm³/mol. The Kier molecular flexibility index (Phi) is 29.7. The average molecular weight is 1620 g/mol. The third-order valence-corrected chi connectivity index (χ3v) is 21.9. The highest BCUT2D eigenvalue weighted by Crippen LogP contribution is 2.31. The van der Waals surface area contributed by atoms with Crippen molar-refractivity contribution in [3.8, 4) is 0 Å². The van der Waals surface area contributed by atoms with E-state index in [2.05, 4.69) is 31.9 Å². The van der Waals surface area contributed by atoms with Crippen LogP contribution in [-0.4, -0.2) is 260 Å². The maximum atomic E-state index is 14.6. The number of aliphatic hydroxyl groups excluding tert-OH is 2. The number of amides is 12. The maximum Gasteiger partial charge on any atom is 0.329 e. The normalized spacial score (nSPS) is 27.0. The van der Waals surface area contributed by atoms with Crippen molar-refractivity contribution in [2.24, 2.45) is 11.8 Å². The number of likely N-dealkylation sites (N-methyl/N-ethyl adjacent to an activating group) is 2. The van der Waals surface area contributed by atoms with Gasteiger partial charge in [-0.15, -0.1) is 0 Å². The number of aryl methyl sites for hydroxylation is 2. The highest BCUT2D eigenvalue weighted by atomic mass is 19.1. The quantitative estimate of drug-likeness (QED) is 0.0586. The Bertz CT molecular complexity index is 4050. The smallest absolute Gasteiger partial charge is 0.329 e. The number of esters is 2. The average Bonchev–Trinajstić information content (AvgIpc) is 1.58. The number of fused-ring (bicyclic) bond motifs is 4. The van der Waals surface area contributed by atoms with Gasteiger partial charge in [-0.1, -0.05) is 73.5 Å². The number of benzene rings is 4. The van der Waals surface area contributed by atoms with Crippen molar-refractivity contribution in [1.29, 1.82) is 0 Å². The lowest BCUT2D eigenvalue weighted by Crippen LogP contribution is -2.63. The van der Waals surface area contributed by atoms with E-state index in [1.807, 2.05) is 52.0 Å². The lowest BCUT2D eigenvalue weighted by atomic mass is 10.0. The summed E-state index contributed by atoms with van der Waals surface area (Å²) in [5, 5.41) is 37.0. The summed E-state index contributed by atoms with van der Waals surface area (Å²) in [5.74, 6) is -14.8. The summed E-state index contributed by atoms with van der Waals surface area (Å²) in [6, 6.07) is 3.41. The van der Waals surface area contributed by atoms with Crippen LogP contribution in [0.15, 0.2) is 84.9 Å². The van der Waals surface area contributed by atoms with Gasteiger partial charge in [0.2, 0.25) is 70.9 Å². The van der Waals surface area contributed by atoms with Crippen LogP contribution in [0.5, 0.6) is 0 Å². The van der Waals surface area contributed by atoms with E-state index in [1.165, 1.54) is 75.2 Å². The van der Waals surface area contributed by atoms with Gasteiger partial charge in [0, 0.05) is 65.2 Å². The van der Waals surface area contributed by atoms with Gasteiger partial charge in [0.1, 0.15) is 108 Å². The number of hydrogen-bond acceptors (Lipinski definition) is 18. The molecule has 34 heteroatoms. The minimum Gasteiger partial charge on any atom is -0.458 e. The number of rotatable bonds is 16. The Hall–Kier alpha value is -10.9. The van der Waals surface area contributed by atoms with Crippen molar-refractivity contribution in [2.75, 3.05) is 40.3 Å². The zero-order chi connectivity index (χ0) is 85.2. The second kappa shape index (κ2) is 38.7. The first-order chi connectivity index (χ1) is 54.7. The van der Waals surface area contributed by atoms with Crippen LogP contribution in [0.25, 0.3) is 0 Å². The molecule has 4 aromatic rings. The summed E-state index contributed by atoms with van der Waals surface area (Å²) in [6.07, 6.45) is -5.30. The lowest BCUT2D eigenvalue weighted by Gasteiger charge is -2.37. The molecular formula is C82H104F4N12O18. The van der Waals surface area contributed by atoms with Gasteiger partial charge in [-0.25, -0.2) is 27.2 Å². The minimum absolute atomic E-state index is 0.0244. The molecule has 0 bridgehead atoms. The van der Waals surface area contributed by atoms with Gasteiger partial charge in [0.05, 0.1) is 25.0 Å². The molecule has 6 saturated heterocycles. The Labute approximate surface area is 669 Å². The van der Waals surface area contributed by atoms with Gasteiger partial charge in [-0.05, 0) is 152 Å². The molecule has 30 nitrogen and oxygen atoms in total. The molecule has 4 aromatic carbocycles. The molecule has 0 saturated carbocycles. The number of hydrogen-bond donors (Lipinski definition) is 8. The summed E-state index contributed by atoms with van der Waals surface area (Å²) in [6.45, 7) is 16.0. The summed E-state index contributed by atoms with van der Waals surface area (Å²) in [5.41, 5.74) is 3.22. The molecule has 0 spiro atoms. The molecule has 12 amide bonds. The summed E-state index contributed by atoms with van der Waals surface area (Å²) in [7, 11) is 2.60. The number of nitrogens with one attached hydrogen (secondary N) is 6. The van der Waals surface area contributed by atoms with Gasteiger partial charge < -0.3 is 81.0 Å². The van der Waals surface area contributed by atoms with Crippen molar-refractivity contribution in [3.05, 3.63) is 142 Å². The molecule has 6 fully saturated rings. The first kappa shape index (κ1) is 89.0. The van der Waals surface area contributed by atoms with Gasteiger partial charge >= 0.3 is 11.9 Å². The highest BCUT2D eigenvalue weighted by Gasteiger charge is 2.51. The molecule has 0 aromatic heterocycles. The molecule has 18 atom stereocenters. The van der Waals surface area contributed by atoms with Crippen LogP contribution < -0.4 is 31.9 Å². The van der Waals surface area contributed by atoms with Crippen molar-refractivity contribution < 1.29 is 104 Å². The van der Waals surface area contributed by atoms with E-state index in [9.17, 15) is 94.9 Å². The lowest BCUT2D eigenvalue weighted by molar-refractivity contribution is -0.163. The second-order valence-electron chi connectivity index (χ2n) is 31.6. The zero-order valence-corrected chi connectivity index (χ0v) is 67.0. The largest absolute Gasteiger partial charge is 0.458 e. The molecular weight excluding hydrogens is 1520 g/mol. The van der Waals surface area contributed by atoms with Crippen molar-refractivity contribution in [1.82, 2.24) is 61.3 Å². The minimum atomic E-state index is -1.67. The summed E-state index contributed by atoms with van der Waals surface area (Å²) in [4.78, 5) is 202. The molecule has 2 unspecified atom stereocenters. The maximum absolute atomic E-state index is 14.6. The number of ether oxygens (including phenoxy) is 2.